The van der Waals surface area contributed by atoms with Crippen molar-refractivity contribution in [2.24, 2.45) is 16.6 Å². The minimum absolute atomic E-state index is 0.0679. The molecule has 1 aliphatic heterocycles. The van der Waals surface area contributed by atoms with Gasteiger partial charge in [-0.15, -0.1) is 6.42 Å². The summed E-state index contributed by atoms with van der Waals surface area (Å²) in [5.41, 5.74) is 5.83. The predicted octanol–water partition coefficient (Wildman–Crippen LogP) is 1.75. The van der Waals surface area contributed by atoms with E-state index in [0.29, 0.717) is 18.3 Å². The van der Waals surface area contributed by atoms with Crippen molar-refractivity contribution >= 4 is 11.9 Å². The van der Waals surface area contributed by atoms with E-state index >= 15 is 0 Å². The zero-order valence-corrected chi connectivity index (χ0v) is 10.1. The Hall–Kier alpha value is -1.50. The SMILES string of the molecule is C#CCN1C(=O)N=C(N)C1CC1CCCCC1. The van der Waals surface area contributed by atoms with Gasteiger partial charge in [0.25, 0.3) is 0 Å². The molecule has 0 saturated heterocycles. The lowest BCUT2D eigenvalue weighted by Crippen LogP contribution is -2.42. The summed E-state index contributed by atoms with van der Waals surface area (Å²) < 4.78 is 0. The molecule has 0 bridgehead atoms. The number of hydrogen-bond acceptors (Lipinski definition) is 2. The molecule has 0 spiro atoms. The van der Waals surface area contributed by atoms with E-state index in [-0.39, 0.29) is 12.1 Å². The van der Waals surface area contributed by atoms with Crippen LogP contribution in [0.5, 0.6) is 0 Å². The number of nitrogens with zero attached hydrogens (tertiary/aromatic N) is 2. The molecule has 0 aromatic heterocycles. The predicted molar refractivity (Wildman–Crippen MR) is 67.5 cm³/mol. The van der Waals surface area contributed by atoms with Crippen LogP contribution in [0.3, 0.4) is 0 Å². The van der Waals surface area contributed by atoms with Crippen LogP contribution >= 0.6 is 0 Å². The van der Waals surface area contributed by atoms with E-state index in [2.05, 4.69) is 10.9 Å². The molecule has 2 aliphatic rings. The highest BCUT2D eigenvalue weighted by atomic mass is 16.2. The molecule has 1 aliphatic carbocycles. The lowest BCUT2D eigenvalue weighted by atomic mass is 9.84. The van der Waals surface area contributed by atoms with E-state index in [1.54, 1.807) is 4.90 Å². The van der Waals surface area contributed by atoms with Gasteiger partial charge in [0.05, 0.1) is 12.6 Å². The third kappa shape index (κ3) is 2.60. The van der Waals surface area contributed by atoms with Gasteiger partial charge in [0.1, 0.15) is 5.84 Å². The maximum Gasteiger partial charge on any atom is 0.346 e. The standard InChI is InChI=1S/C13H19N3O/c1-2-8-16-11(12(14)15-13(16)17)9-10-6-4-3-5-7-10/h1,10-11H,3-9H2,(H2,14,15,17). The number of amides is 2. The molecule has 1 atom stereocenters. The highest BCUT2D eigenvalue weighted by molar-refractivity contribution is 6.02. The Labute approximate surface area is 102 Å². The van der Waals surface area contributed by atoms with Gasteiger partial charge in [0.15, 0.2) is 0 Å². The molecule has 0 radical (unpaired) electrons. The first kappa shape index (κ1) is 12.0. The van der Waals surface area contributed by atoms with Crippen molar-refractivity contribution in [1.82, 2.24) is 4.90 Å². The molecular formula is C13H19N3O. The normalized spacial score (nSPS) is 25.8. The Morgan fingerprint density at radius 3 is 2.76 bits per heavy atom. The number of carbonyl (C=O) groups excluding carboxylic acids is 1. The van der Waals surface area contributed by atoms with Crippen molar-refractivity contribution in [3.8, 4) is 12.3 Å². The maximum atomic E-state index is 11.6. The summed E-state index contributed by atoms with van der Waals surface area (Å²) in [5, 5.41) is 0. The van der Waals surface area contributed by atoms with Crippen LogP contribution < -0.4 is 5.73 Å². The monoisotopic (exact) mass is 233 g/mol. The van der Waals surface area contributed by atoms with Crippen LogP contribution in [-0.4, -0.2) is 29.4 Å². The summed E-state index contributed by atoms with van der Waals surface area (Å²) in [6.07, 6.45) is 12.6. The summed E-state index contributed by atoms with van der Waals surface area (Å²) in [5.74, 6) is 3.61. The molecule has 1 unspecified atom stereocenters. The van der Waals surface area contributed by atoms with E-state index in [1.807, 2.05) is 0 Å². The maximum absolute atomic E-state index is 11.6. The Morgan fingerprint density at radius 1 is 1.41 bits per heavy atom. The molecule has 1 saturated carbocycles. The van der Waals surface area contributed by atoms with Gasteiger partial charge in [-0.25, -0.2) is 4.79 Å². The van der Waals surface area contributed by atoms with Crippen LogP contribution in [-0.2, 0) is 0 Å². The summed E-state index contributed by atoms with van der Waals surface area (Å²) in [6, 6.07) is -0.345. The first-order chi connectivity index (χ1) is 8.22. The minimum Gasteiger partial charge on any atom is -0.385 e. The lowest BCUT2D eigenvalue weighted by molar-refractivity contribution is 0.201. The third-order valence-corrected chi connectivity index (χ3v) is 3.73. The molecule has 0 aromatic rings. The van der Waals surface area contributed by atoms with Crippen molar-refractivity contribution in [2.45, 2.75) is 44.6 Å². The number of terminal acetylenes is 1. The molecule has 0 aromatic carbocycles. The first-order valence-electron chi connectivity index (χ1n) is 6.30. The Morgan fingerprint density at radius 2 is 2.12 bits per heavy atom. The van der Waals surface area contributed by atoms with Crippen LogP contribution in [0.1, 0.15) is 38.5 Å². The lowest BCUT2D eigenvalue weighted by Gasteiger charge is -2.28. The number of aliphatic imine (C=N–C) groups is 1. The average molecular weight is 233 g/mol. The number of hydrogen-bond donors (Lipinski definition) is 1. The van der Waals surface area contributed by atoms with Gasteiger partial charge < -0.3 is 10.6 Å². The molecule has 1 heterocycles. The van der Waals surface area contributed by atoms with Crippen LogP contribution in [0, 0.1) is 18.3 Å². The zero-order valence-electron chi connectivity index (χ0n) is 10.1. The van der Waals surface area contributed by atoms with Gasteiger partial charge in [-0.1, -0.05) is 38.0 Å². The van der Waals surface area contributed by atoms with Gasteiger partial charge in [-0.2, -0.15) is 4.99 Å². The van der Waals surface area contributed by atoms with E-state index in [1.165, 1.54) is 32.1 Å². The number of urea groups is 1. The van der Waals surface area contributed by atoms with Crippen molar-refractivity contribution in [1.29, 1.82) is 0 Å². The Kier molecular flexibility index (Phi) is 3.68. The highest BCUT2D eigenvalue weighted by Crippen LogP contribution is 2.29. The Balaban J connectivity index is 1.99. The van der Waals surface area contributed by atoms with Gasteiger partial charge in [0, 0.05) is 0 Å². The fraction of sp³-hybridized carbons (Fsp3) is 0.692. The van der Waals surface area contributed by atoms with Crippen molar-refractivity contribution in [2.75, 3.05) is 6.54 Å². The largest absolute Gasteiger partial charge is 0.385 e. The van der Waals surface area contributed by atoms with Crippen LogP contribution in [0.4, 0.5) is 4.79 Å². The minimum atomic E-state index is -0.277. The second-order valence-electron chi connectivity index (χ2n) is 4.91. The van der Waals surface area contributed by atoms with E-state index < -0.39 is 0 Å². The smallest absolute Gasteiger partial charge is 0.346 e. The molecular weight excluding hydrogens is 214 g/mol. The summed E-state index contributed by atoms with van der Waals surface area (Å²) >= 11 is 0. The van der Waals surface area contributed by atoms with Gasteiger partial charge >= 0.3 is 6.03 Å². The van der Waals surface area contributed by atoms with E-state index in [9.17, 15) is 4.79 Å². The van der Waals surface area contributed by atoms with Crippen LogP contribution in [0.15, 0.2) is 4.99 Å². The molecule has 2 N–H and O–H groups in total. The number of nitrogens with two attached hydrogens (primary N) is 1. The Bertz CT molecular complexity index is 363. The third-order valence-electron chi connectivity index (χ3n) is 3.73. The second-order valence-corrected chi connectivity index (χ2v) is 4.91. The van der Waals surface area contributed by atoms with Gasteiger partial charge in [-0.3, -0.25) is 0 Å². The second kappa shape index (κ2) is 5.22. The molecule has 4 nitrogen and oxygen atoms in total. The van der Waals surface area contributed by atoms with Crippen molar-refractivity contribution < 1.29 is 4.79 Å². The molecule has 2 amide bonds. The van der Waals surface area contributed by atoms with Crippen LogP contribution in [0.25, 0.3) is 0 Å². The summed E-state index contributed by atoms with van der Waals surface area (Å²) in [4.78, 5) is 17.0. The molecule has 17 heavy (non-hydrogen) atoms. The number of rotatable bonds is 3. The van der Waals surface area contributed by atoms with Crippen LogP contribution in [0.2, 0.25) is 0 Å². The van der Waals surface area contributed by atoms with E-state index in [4.69, 9.17) is 12.2 Å². The molecule has 1 fully saturated rings. The average Bonchev–Trinajstić information content (AvgIpc) is 2.58. The molecule has 92 valence electrons. The summed E-state index contributed by atoms with van der Waals surface area (Å²) in [7, 11) is 0. The molecule has 4 heteroatoms. The number of carbonyl (C=O) groups is 1. The molecule has 2 rings (SSSR count). The van der Waals surface area contributed by atoms with E-state index in [0.717, 1.165) is 6.42 Å². The highest BCUT2D eigenvalue weighted by Gasteiger charge is 2.34. The summed E-state index contributed by atoms with van der Waals surface area (Å²) in [6.45, 7) is 0.306. The zero-order chi connectivity index (χ0) is 12.3. The topological polar surface area (TPSA) is 58.7 Å². The first-order valence-corrected chi connectivity index (χ1v) is 6.30. The quantitative estimate of drug-likeness (QED) is 0.755. The number of amidine groups is 1. The fourth-order valence-electron chi connectivity index (χ4n) is 2.80. The fourth-order valence-corrected chi connectivity index (χ4v) is 2.80. The van der Waals surface area contributed by atoms with Gasteiger partial charge in [0.2, 0.25) is 0 Å². The van der Waals surface area contributed by atoms with Crippen molar-refractivity contribution in [3.63, 3.8) is 0 Å². The van der Waals surface area contributed by atoms with Crippen molar-refractivity contribution in [3.05, 3.63) is 0 Å². The van der Waals surface area contributed by atoms with Gasteiger partial charge in [-0.05, 0) is 12.3 Å².